The summed E-state index contributed by atoms with van der Waals surface area (Å²) in [6, 6.07) is 0. The van der Waals surface area contributed by atoms with Crippen molar-refractivity contribution in [3.05, 3.63) is 0 Å². The number of isocyanates is 1. The molecule has 10 heavy (non-hydrogen) atoms. The highest BCUT2D eigenvalue weighted by Gasteiger charge is 2.16. The molecule has 0 bridgehead atoms. The Balaban J connectivity index is 2.47. The van der Waals surface area contributed by atoms with Gasteiger partial charge < -0.3 is 0 Å². The molecule has 0 aliphatic carbocycles. The zero-order valence-corrected chi connectivity index (χ0v) is 6.21. The number of nitrogens with zero attached hydrogens (tertiary/aromatic N) is 2. The van der Waals surface area contributed by atoms with Crippen molar-refractivity contribution in [2.45, 2.75) is 25.4 Å². The SMILES string of the molecule is CN1CCCCC1N=C=O. The van der Waals surface area contributed by atoms with Gasteiger partial charge in [0.2, 0.25) is 6.08 Å². The molecule has 0 spiro atoms. The Hall–Kier alpha value is -0.660. The standard InChI is InChI=1S/C7H12N2O/c1-9-5-3-2-4-7(9)8-6-10/h7H,2-5H2,1H3. The van der Waals surface area contributed by atoms with Crippen molar-refractivity contribution in [2.24, 2.45) is 4.99 Å². The van der Waals surface area contributed by atoms with E-state index in [2.05, 4.69) is 9.89 Å². The predicted molar refractivity (Wildman–Crippen MR) is 38.4 cm³/mol. The van der Waals surface area contributed by atoms with Crippen LogP contribution in [0.5, 0.6) is 0 Å². The number of aliphatic imine (C=N–C) groups is 1. The van der Waals surface area contributed by atoms with Gasteiger partial charge in [-0.25, -0.2) is 4.79 Å². The van der Waals surface area contributed by atoms with Crippen LogP contribution in [0, 0.1) is 0 Å². The van der Waals surface area contributed by atoms with Gasteiger partial charge in [-0.2, -0.15) is 4.99 Å². The molecule has 1 rings (SSSR count). The van der Waals surface area contributed by atoms with Gasteiger partial charge in [0, 0.05) is 0 Å². The molecule has 0 aromatic carbocycles. The van der Waals surface area contributed by atoms with Crippen molar-refractivity contribution in [1.29, 1.82) is 0 Å². The Labute approximate surface area is 60.7 Å². The van der Waals surface area contributed by atoms with Gasteiger partial charge in [0.05, 0.1) is 0 Å². The largest absolute Gasteiger partial charge is 0.284 e. The molecule has 0 radical (unpaired) electrons. The molecule has 1 aliphatic rings. The van der Waals surface area contributed by atoms with Crippen molar-refractivity contribution < 1.29 is 4.79 Å². The molecule has 1 heterocycles. The number of hydrogen-bond acceptors (Lipinski definition) is 3. The minimum Gasteiger partial charge on any atom is -0.284 e. The molecule has 0 saturated carbocycles. The van der Waals surface area contributed by atoms with Gasteiger partial charge in [0.15, 0.2) is 0 Å². The number of hydrogen-bond donors (Lipinski definition) is 0. The maximum absolute atomic E-state index is 9.90. The molecule has 3 nitrogen and oxygen atoms in total. The van der Waals surface area contributed by atoms with Gasteiger partial charge in [0.1, 0.15) is 6.17 Å². The van der Waals surface area contributed by atoms with Crippen LogP contribution in [0.2, 0.25) is 0 Å². The average molecular weight is 140 g/mol. The summed E-state index contributed by atoms with van der Waals surface area (Å²) in [5.74, 6) is 0. The topological polar surface area (TPSA) is 32.7 Å². The number of likely N-dealkylation sites (tertiary alicyclic amines) is 1. The first-order valence-electron chi connectivity index (χ1n) is 3.62. The average Bonchev–Trinajstić information content (AvgIpc) is 1.94. The zero-order valence-electron chi connectivity index (χ0n) is 6.21. The van der Waals surface area contributed by atoms with E-state index in [0.717, 1.165) is 13.0 Å². The molecule has 1 saturated heterocycles. The molecule has 3 heteroatoms. The van der Waals surface area contributed by atoms with Crippen molar-refractivity contribution >= 4 is 6.08 Å². The summed E-state index contributed by atoms with van der Waals surface area (Å²) >= 11 is 0. The fraction of sp³-hybridized carbons (Fsp3) is 0.857. The highest BCUT2D eigenvalue weighted by atomic mass is 16.1. The second kappa shape index (κ2) is 3.49. The molecule has 56 valence electrons. The van der Waals surface area contributed by atoms with Gasteiger partial charge >= 0.3 is 0 Å². The van der Waals surface area contributed by atoms with Crippen molar-refractivity contribution in [3.8, 4) is 0 Å². The van der Waals surface area contributed by atoms with Crippen LogP contribution in [-0.4, -0.2) is 30.7 Å². The molecule has 1 fully saturated rings. The maximum atomic E-state index is 9.90. The number of carbonyl (C=O) groups excluding carboxylic acids is 1. The van der Waals surface area contributed by atoms with E-state index in [0.29, 0.717) is 0 Å². The lowest BCUT2D eigenvalue weighted by atomic mass is 10.1. The van der Waals surface area contributed by atoms with Crippen LogP contribution in [0.3, 0.4) is 0 Å². The highest BCUT2D eigenvalue weighted by Crippen LogP contribution is 2.14. The van der Waals surface area contributed by atoms with Crippen LogP contribution in [0.25, 0.3) is 0 Å². The summed E-state index contributed by atoms with van der Waals surface area (Å²) in [6.07, 6.45) is 5.11. The van der Waals surface area contributed by atoms with Crippen LogP contribution in [0.1, 0.15) is 19.3 Å². The quantitative estimate of drug-likeness (QED) is 0.398. The molecular weight excluding hydrogens is 128 g/mol. The lowest BCUT2D eigenvalue weighted by molar-refractivity contribution is 0.192. The van der Waals surface area contributed by atoms with Crippen LogP contribution < -0.4 is 0 Å². The van der Waals surface area contributed by atoms with E-state index in [9.17, 15) is 4.79 Å². The third-order valence-electron chi connectivity index (χ3n) is 1.93. The minimum atomic E-state index is 0.103. The van der Waals surface area contributed by atoms with Crippen LogP contribution in [0.15, 0.2) is 4.99 Å². The predicted octanol–water partition coefficient (Wildman–Crippen LogP) is 0.764. The normalized spacial score (nSPS) is 27.5. The van der Waals surface area contributed by atoms with Crippen LogP contribution in [-0.2, 0) is 4.79 Å². The van der Waals surface area contributed by atoms with Gasteiger partial charge in [-0.1, -0.05) is 0 Å². The van der Waals surface area contributed by atoms with Gasteiger partial charge in [-0.05, 0) is 32.9 Å². The Morgan fingerprint density at radius 3 is 3.00 bits per heavy atom. The first-order chi connectivity index (χ1) is 4.84. The molecule has 0 aromatic rings. The highest BCUT2D eigenvalue weighted by molar-refractivity contribution is 5.33. The Morgan fingerprint density at radius 1 is 1.60 bits per heavy atom. The van der Waals surface area contributed by atoms with Gasteiger partial charge in [0.25, 0.3) is 0 Å². The second-order valence-electron chi connectivity index (χ2n) is 2.68. The summed E-state index contributed by atoms with van der Waals surface area (Å²) in [4.78, 5) is 15.7. The molecule has 1 aliphatic heterocycles. The first-order valence-corrected chi connectivity index (χ1v) is 3.62. The van der Waals surface area contributed by atoms with Crippen LogP contribution >= 0.6 is 0 Å². The molecule has 1 unspecified atom stereocenters. The third kappa shape index (κ3) is 1.66. The monoisotopic (exact) mass is 140 g/mol. The Morgan fingerprint density at radius 2 is 2.40 bits per heavy atom. The van der Waals surface area contributed by atoms with Crippen molar-refractivity contribution in [3.63, 3.8) is 0 Å². The number of piperidine rings is 1. The van der Waals surface area contributed by atoms with Gasteiger partial charge in [-0.3, -0.25) is 4.90 Å². The van der Waals surface area contributed by atoms with E-state index in [1.807, 2.05) is 7.05 Å². The summed E-state index contributed by atoms with van der Waals surface area (Å²) in [7, 11) is 1.99. The molecular formula is C7H12N2O. The summed E-state index contributed by atoms with van der Waals surface area (Å²) in [5.41, 5.74) is 0. The van der Waals surface area contributed by atoms with Crippen LogP contribution in [0.4, 0.5) is 0 Å². The fourth-order valence-electron chi connectivity index (χ4n) is 1.28. The zero-order chi connectivity index (χ0) is 7.40. The molecule has 0 amide bonds. The smallest absolute Gasteiger partial charge is 0.236 e. The first kappa shape index (κ1) is 7.45. The van der Waals surface area contributed by atoms with Gasteiger partial charge in [-0.15, -0.1) is 0 Å². The molecule has 0 aromatic heterocycles. The lowest BCUT2D eigenvalue weighted by Gasteiger charge is -2.27. The van der Waals surface area contributed by atoms with E-state index >= 15 is 0 Å². The molecule has 0 N–H and O–H groups in total. The van der Waals surface area contributed by atoms with Crippen molar-refractivity contribution in [2.75, 3.05) is 13.6 Å². The summed E-state index contributed by atoms with van der Waals surface area (Å²) in [5, 5.41) is 0. The minimum absolute atomic E-state index is 0.103. The summed E-state index contributed by atoms with van der Waals surface area (Å²) < 4.78 is 0. The Bertz CT molecular complexity index is 152. The third-order valence-corrected chi connectivity index (χ3v) is 1.93. The lowest BCUT2D eigenvalue weighted by Crippen LogP contribution is -2.34. The molecule has 1 atom stereocenters. The second-order valence-corrected chi connectivity index (χ2v) is 2.68. The maximum Gasteiger partial charge on any atom is 0.236 e. The summed E-state index contributed by atoms with van der Waals surface area (Å²) in [6.45, 7) is 1.05. The Kier molecular flexibility index (Phi) is 2.60. The van der Waals surface area contributed by atoms with E-state index in [4.69, 9.17) is 0 Å². The van der Waals surface area contributed by atoms with E-state index in [1.54, 1.807) is 6.08 Å². The van der Waals surface area contributed by atoms with E-state index < -0.39 is 0 Å². The number of rotatable bonds is 1. The van der Waals surface area contributed by atoms with E-state index in [-0.39, 0.29) is 6.17 Å². The van der Waals surface area contributed by atoms with Crippen molar-refractivity contribution in [1.82, 2.24) is 4.90 Å². The fourth-order valence-corrected chi connectivity index (χ4v) is 1.28. The van der Waals surface area contributed by atoms with E-state index in [1.165, 1.54) is 12.8 Å².